The first-order chi connectivity index (χ1) is 14.3. The van der Waals surface area contributed by atoms with E-state index in [4.69, 9.17) is 22.3 Å². The lowest BCUT2D eigenvalue weighted by atomic mass is 9.99. The Morgan fingerprint density at radius 2 is 2.07 bits per heavy atom. The van der Waals surface area contributed by atoms with Crippen molar-refractivity contribution in [2.45, 2.75) is 19.8 Å². The molecule has 0 saturated carbocycles. The van der Waals surface area contributed by atoms with Crippen LogP contribution in [0, 0.1) is 5.92 Å². The van der Waals surface area contributed by atoms with Crippen LogP contribution >= 0.6 is 24.0 Å². The molecule has 1 N–H and O–H groups in total. The Hall–Kier alpha value is -2.72. The van der Waals surface area contributed by atoms with Gasteiger partial charge in [-0.1, -0.05) is 37.0 Å². The molecule has 1 amide bonds. The van der Waals surface area contributed by atoms with E-state index < -0.39 is 18.4 Å². The zero-order valence-corrected chi connectivity index (χ0v) is 17.9. The molecular formula is C20H20N4O4S2. The van der Waals surface area contributed by atoms with E-state index in [1.807, 2.05) is 6.07 Å². The zero-order chi connectivity index (χ0) is 21.4. The Kier molecular flexibility index (Phi) is 5.61. The highest BCUT2D eigenvalue weighted by Crippen LogP contribution is 2.34. The van der Waals surface area contributed by atoms with Crippen LogP contribution in [0.3, 0.4) is 0 Å². The normalized spacial score (nSPS) is 19.3. The lowest BCUT2D eigenvalue weighted by Crippen LogP contribution is -2.36. The minimum atomic E-state index is -1.15. The maximum absolute atomic E-state index is 13.3. The molecule has 0 spiro atoms. The van der Waals surface area contributed by atoms with E-state index in [1.54, 1.807) is 18.3 Å². The molecule has 156 valence electrons. The van der Waals surface area contributed by atoms with Crippen molar-refractivity contribution < 1.29 is 14.7 Å². The molecule has 30 heavy (non-hydrogen) atoms. The summed E-state index contributed by atoms with van der Waals surface area (Å²) in [6.07, 6.45) is 5.13. The van der Waals surface area contributed by atoms with Gasteiger partial charge >= 0.3 is 5.97 Å². The molecule has 2 aromatic heterocycles. The number of carboxylic acids is 1. The van der Waals surface area contributed by atoms with E-state index in [9.17, 15) is 14.4 Å². The van der Waals surface area contributed by atoms with Crippen LogP contribution < -0.4 is 10.5 Å². The maximum atomic E-state index is 13.3. The Balaban J connectivity index is 1.82. The maximum Gasteiger partial charge on any atom is 0.323 e. The second-order valence-electron chi connectivity index (χ2n) is 7.41. The number of carbonyl (C=O) groups is 2. The molecule has 0 unspecified atom stereocenters. The third-order valence-corrected chi connectivity index (χ3v) is 6.65. The molecule has 0 radical (unpaired) electrons. The summed E-state index contributed by atoms with van der Waals surface area (Å²) in [6.45, 7) is 3.25. The first-order valence-electron chi connectivity index (χ1n) is 9.58. The number of fused-ring (bicyclic) bond motifs is 1. The van der Waals surface area contributed by atoms with Crippen molar-refractivity contribution in [1.82, 2.24) is 14.3 Å². The lowest BCUT2D eigenvalue weighted by molar-refractivity contribution is -0.140. The number of anilines is 1. The molecule has 4 rings (SSSR count). The third-order valence-electron chi connectivity index (χ3n) is 5.27. The number of nitrogens with zero attached hydrogens (tertiary/aromatic N) is 4. The third kappa shape index (κ3) is 3.84. The van der Waals surface area contributed by atoms with Gasteiger partial charge in [-0.05, 0) is 37.0 Å². The van der Waals surface area contributed by atoms with E-state index in [1.165, 1.54) is 10.5 Å². The number of amides is 1. The Morgan fingerprint density at radius 1 is 1.33 bits per heavy atom. The predicted octanol–water partition coefficient (Wildman–Crippen LogP) is 2.22. The van der Waals surface area contributed by atoms with Crippen LogP contribution in [0.4, 0.5) is 5.82 Å². The number of rotatable bonds is 4. The number of carbonyl (C=O) groups excluding carboxylic acids is 1. The number of piperidine rings is 1. The average molecular weight is 445 g/mol. The smallest absolute Gasteiger partial charge is 0.323 e. The number of aromatic nitrogens is 2. The molecule has 0 bridgehead atoms. The number of hydrogen-bond acceptors (Lipinski definition) is 7. The summed E-state index contributed by atoms with van der Waals surface area (Å²) >= 11 is 6.16. The highest BCUT2D eigenvalue weighted by atomic mass is 32.2. The summed E-state index contributed by atoms with van der Waals surface area (Å²) in [5, 5.41) is 9.03. The molecule has 2 fully saturated rings. The molecule has 2 aliphatic heterocycles. The lowest BCUT2D eigenvalue weighted by Gasteiger charge is -2.32. The van der Waals surface area contributed by atoms with E-state index in [-0.39, 0.29) is 14.8 Å². The van der Waals surface area contributed by atoms with Crippen LogP contribution in [0.5, 0.6) is 0 Å². The van der Waals surface area contributed by atoms with E-state index in [2.05, 4.69) is 11.8 Å². The van der Waals surface area contributed by atoms with Gasteiger partial charge in [0, 0.05) is 19.3 Å². The van der Waals surface area contributed by atoms with Crippen LogP contribution in [0.2, 0.25) is 0 Å². The average Bonchev–Trinajstić information content (AvgIpc) is 2.97. The highest BCUT2D eigenvalue weighted by molar-refractivity contribution is 8.26. The van der Waals surface area contributed by atoms with Crippen molar-refractivity contribution in [3.63, 3.8) is 0 Å². The van der Waals surface area contributed by atoms with Gasteiger partial charge in [-0.3, -0.25) is 23.7 Å². The predicted molar refractivity (Wildman–Crippen MR) is 120 cm³/mol. The minimum Gasteiger partial charge on any atom is -0.480 e. The van der Waals surface area contributed by atoms with E-state index in [0.29, 0.717) is 22.9 Å². The Bertz CT molecular complexity index is 1140. The summed E-state index contributed by atoms with van der Waals surface area (Å²) in [7, 11) is 0. The van der Waals surface area contributed by atoms with E-state index in [0.717, 1.165) is 42.6 Å². The summed E-state index contributed by atoms with van der Waals surface area (Å²) in [5.41, 5.74) is 0.563. The molecule has 0 aliphatic carbocycles. The van der Waals surface area contributed by atoms with E-state index >= 15 is 0 Å². The van der Waals surface area contributed by atoms with Gasteiger partial charge in [0.25, 0.3) is 11.5 Å². The summed E-state index contributed by atoms with van der Waals surface area (Å²) in [4.78, 5) is 45.1. The number of thioether (sulfide) groups is 1. The molecule has 2 saturated heterocycles. The first-order valence-corrected chi connectivity index (χ1v) is 10.8. The molecule has 0 atom stereocenters. The molecule has 8 nitrogen and oxygen atoms in total. The van der Waals surface area contributed by atoms with Crippen molar-refractivity contribution in [2.75, 3.05) is 24.5 Å². The van der Waals surface area contributed by atoms with Crippen molar-refractivity contribution in [2.24, 2.45) is 5.92 Å². The molecule has 2 aromatic rings. The molecule has 10 heteroatoms. The largest absolute Gasteiger partial charge is 0.480 e. The number of carboxylic acid groups (broad SMARTS) is 1. The monoisotopic (exact) mass is 444 g/mol. The summed E-state index contributed by atoms with van der Waals surface area (Å²) < 4.78 is 1.61. The van der Waals surface area contributed by atoms with Crippen molar-refractivity contribution >= 4 is 57.7 Å². The first kappa shape index (κ1) is 20.5. The van der Waals surface area contributed by atoms with Crippen LogP contribution in [-0.2, 0) is 9.59 Å². The standard InChI is InChI=1S/C20H20N4O4S2/c1-12-5-8-22(9-6-12)17-13(18(27)23-7-3-2-4-15(23)21-17)10-14-19(28)24(11-16(25)26)20(29)30-14/h2-4,7,10,12H,5-6,8-9,11H2,1H3,(H,25,26). The molecule has 4 heterocycles. The van der Waals surface area contributed by atoms with Crippen molar-refractivity contribution in [3.05, 3.63) is 45.2 Å². The second-order valence-corrected chi connectivity index (χ2v) is 9.09. The van der Waals surface area contributed by atoms with Crippen LogP contribution in [0.1, 0.15) is 25.3 Å². The quantitative estimate of drug-likeness (QED) is 0.567. The van der Waals surface area contributed by atoms with Crippen molar-refractivity contribution in [1.29, 1.82) is 0 Å². The van der Waals surface area contributed by atoms with Gasteiger partial charge in [0.1, 0.15) is 22.3 Å². The van der Waals surface area contributed by atoms with Gasteiger partial charge in [0.15, 0.2) is 0 Å². The van der Waals surface area contributed by atoms with Gasteiger partial charge in [0.05, 0.1) is 10.5 Å². The Morgan fingerprint density at radius 3 is 2.77 bits per heavy atom. The van der Waals surface area contributed by atoms with Gasteiger partial charge in [-0.15, -0.1) is 0 Å². The molecule has 2 aliphatic rings. The fourth-order valence-corrected chi connectivity index (χ4v) is 4.82. The minimum absolute atomic E-state index is 0.163. The SMILES string of the molecule is CC1CCN(c2nc3ccccn3c(=O)c2C=C2SC(=S)N(CC(=O)O)C2=O)CC1. The van der Waals surface area contributed by atoms with Gasteiger partial charge in [0.2, 0.25) is 0 Å². The van der Waals surface area contributed by atoms with Gasteiger partial charge in [-0.2, -0.15) is 0 Å². The second kappa shape index (κ2) is 8.19. The van der Waals surface area contributed by atoms with Crippen molar-refractivity contribution in [3.8, 4) is 0 Å². The molecular weight excluding hydrogens is 424 g/mol. The topological polar surface area (TPSA) is 95.2 Å². The number of aliphatic carboxylic acids is 1. The zero-order valence-electron chi connectivity index (χ0n) is 16.3. The van der Waals surface area contributed by atoms with Gasteiger partial charge in [-0.25, -0.2) is 4.98 Å². The van der Waals surface area contributed by atoms with Crippen LogP contribution in [-0.4, -0.2) is 55.2 Å². The number of pyridine rings is 1. The summed E-state index contributed by atoms with van der Waals surface area (Å²) in [5.74, 6) is -0.508. The number of thiocarbonyl (C=S) groups is 1. The Labute approximate surface area is 182 Å². The van der Waals surface area contributed by atoms with Crippen LogP contribution in [0.15, 0.2) is 34.1 Å². The fraction of sp³-hybridized carbons (Fsp3) is 0.350. The summed E-state index contributed by atoms with van der Waals surface area (Å²) in [6, 6.07) is 5.34. The molecule has 0 aromatic carbocycles. The fourth-order valence-electron chi connectivity index (χ4n) is 3.58. The van der Waals surface area contributed by atoms with Crippen LogP contribution in [0.25, 0.3) is 11.7 Å². The number of hydrogen-bond donors (Lipinski definition) is 1. The highest BCUT2D eigenvalue weighted by Gasteiger charge is 2.34. The van der Waals surface area contributed by atoms with Gasteiger partial charge < -0.3 is 10.0 Å².